The van der Waals surface area contributed by atoms with Crippen molar-refractivity contribution in [2.24, 2.45) is 5.92 Å². The van der Waals surface area contributed by atoms with E-state index < -0.39 is 5.97 Å². The van der Waals surface area contributed by atoms with Gasteiger partial charge in [-0.25, -0.2) is 0 Å². The van der Waals surface area contributed by atoms with Gasteiger partial charge in [-0.1, -0.05) is 0 Å². The van der Waals surface area contributed by atoms with Crippen LogP contribution in [0.2, 0.25) is 0 Å². The number of aliphatic carboxylic acids is 1. The van der Waals surface area contributed by atoms with E-state index in [4.69, 9.17) is 5.11 Å². The maximum Gasteiger partial charge on any atom is 0.307 e. The third-order valence-electron chi connectivity index (χ3n) is 1.74. The lowest BCUT2D eigenvalue weighted by Crippen LogP contribution is -2.18. The number of hydrogen-bond acceptors (Lipinski definition) is 2. The zero-order valence-corrected chi connectivity index (χ0v) is 5.50. The largest absolute Gasteiger partial charge is 0.481 e. The molecule has 3 nitrogen and oxygen atoms in total. The van der Waals surface area contributed by atoms with Crippen LogP contribution in [0.1, 0.15) is 6.42 Å². The highest BCUT2D eigenvalue weighted by atomic mass is 16.4. The fraction of sp³-hybridized carbons (Fsp3) is 0.833. The van der Waals surface area contributed by atoms with Gasteiger partial charge >= 0.3 is 5.97 Å². The Labute approximate surface area is 54.3 Å². The van der Waals surface area contributed by atoms with E-state index in [9.17, 15) is 4.79 Å². The molecule has 1 aliphatic rings. The van der Waals surface area contributed by atoms with Gasteiger partial charge in [0.15, 0.2) is 0 Å². The summed E-state index contributed by atoms with van der Waals surface area (Å²) < 4.78 is 0. The van der Waals surface area contributed by atoms with Gasteiger partial charge in [0.1, 0.15) is 0 Å². The summed E-state index contributed by atoms with van der Waals surface area (Å²) in [5.74, 6) is -0.769. The summed E-state index contributed by atoms with van der Waals surface area (Å²) in [4.78, 5) is 12.4. The Bertz CT molecular complexity index is 124. The van der Waals surface area contributed by atoms with E-state index >= 15 is 0 Å². The molecule has 1 N–H and O–H groups in total. The monoisotopic (exact) mass is 129 g/mol. The van der Waals surface area contributed by atoms with Crippen LogP contribution in [0, 0.1) is 5.92 Å². The highest BCUT2D eigenvalue weighted by Gasteiger charge is 2.24. The molecule has 1 heterocycles. The zero-order chi connectivity index (χ0) is 6.85. The summed E-state index contributed by atoms with van der Waals surface area (Å²) in [6.45, 7) is 1.65. The third kappa shape index (κ3) is 1.42. The molecular weight excluding hydrogens is 118 g/mol. The minimum atomic E-state index is -0.653. The van der Waals surface area contributed by atoms with Crippen molar-refractivity contribution in [1.82, 2.24) is 4.90 Å². The average molecular weight is 129 g/mol. The molecule has 1 saturated heterocycles. The molecule has 1 atom stereocenters. The van der Waals surface area contributed by atoms with Crippen molar-refractivity contribution in [2.75, 3.05) is 20.1 Å². The Hall–Kier alpha value is -0.570. The fourth-order valence-electron chi connectivity index (χ4n) is 1.14. The fourth-order valence-corrected chi connectivity index (χ4v) is 1.14. The van der Waals surface area contributed by atoms with Crippen LogP contribution in [0.25, 0.3) is 0 Å². The molecule has 0 unspecified atom stereocenters. The van der Waals surface area contributed by atoms with Crippen molar-refractivity contribution in [3.8, 4) is 0 Å². The van der Waals surface area contributed by atoms with Crippen molar-refractivity contribution in [2.45, 2.75) is 6.42 Å². The first kappa shape index (κ1) is 6.55. The summed E-state index contributed by atoms with van der Waals surface area (Å²) >= 11 is 0. The van der Waals surface area contributed by atoms with E-state index in [1.807, 2.05) is 11.9 Å². The predicted molar refractivity (Wildman–Crippen MR) is 33.2 cm³/mol. The van der Waals surface area contributed by atoms with Gasteiger partial charge in [-0.3, -0.25) is 4.79 Å². The summed E-state index contributed by atoms with van der Waals surface area (Å²) in [7, 11) is 1.95. The molecule has 0 aliphatic carbocycles. The van der Waals surface area contributed by atoms with Gasteiger partial charge in [-0.15, -0.1) is 0 Å². The summed E-state index contributed by atoms with van der Waals surface area (Å²) in [6.07, 6.45) is 0.811. The second-order valence-electron chi connectivity index (χ2n) is 2.59. The Kier molecular flexibility index (Phi) is 1.71. The molecule has 0 bridgehead atoms. The van der Waals surface area contributed by atoms with Gasteiger partial charge in [-0.05, 0) is 20.0 Å². The molecule has 0 aromatic carbocycles. The van der Waals surface area contributed by atoms with Crippen LogP contribution in [0.5, 0.6) is 0 Å². The second kappa shape index (κ2) is 2.35. The first-order valence-electron chi connectivity index (χ1n) is 3.11. The van der Waals surface area contributed by atoms with E-state index in [1.54, 1.807) is 0 Å². The standard InChI is InChI=1S/C6H11NO2/c1-7-3-2-5(4-7)6(8)9/h5H,2-4H2,1H3,(H,8,9)/t5-/m0/s1. The lowest BCUT2D eigenvalue weighted by atomic mass is 10.1. The van der Waals surface area contributed by atoms with Crippen LogP contribution in [0.3, 0.4) is 0 Å². The highest BCUT2D eigenvalue weighted by Crippen LogP contribution is 2.13. The normalized spacial score (nSPS) is 28.8. The number of carbonyl (C=O) groups is 1. The van der Waals surface area contributed by atoms with Crippen LogP contribution < -0.4 is 0 Å². The maximum absolute atomic E-state index is 10.3. The Morgan fingerprint density at radius 1 is 1.78 bits per heavy atom. The molecule has 0 aromatic heterocycles. The molecule has 1 rings (SSSR count). The molecule has 1 aliphatic heterocycles. The maximum atomic E-state index is 10.3. The van der Waals surface area contributed by atoms with Crippen molar-refractivity contribution < 1.29 is 9.90 Å². The first-order valence-corrected chi connectivity index (χ1v) is 3.11. The van der Waals surface area contributed by atoms with Gasteiger partial charge in [0.2, 0.25) is 0 Å². The van der Waals surface area contributed by atoms with Crippen LogP contribution in [-0.2, 0) is 4.79 Å². The molecule has 0 aromatic rings. The van der Waals surface area contributed by atoms with Gasteiger partial charge in [0.25, 0.3) is 0 Å². The molecule has 9 heavy (non-hydrogen) atoms. The Balaban J connectivity index is 2.39. The van der Waals surface area contributed by atoms with Gasteiger partial charge in [0.05, 0.1) is 5.92 Å². The summed E-state index contributed by atoms with van der Waals surface area (Å²) in [5.41, 5.74) is 0. The molecule has 1 fully saturated rings. The van der Waals surface area contributed by atoms with E-state index in [0.717, 1.165) is 19.5 Å². The second-order valence-corrected chi connectivity index (χ2v) is 2.59. The molecule has 52 valence electrons. The van der Waals surface area contributed by atoms with Crippen LogP contribution in [-0.4, -0.2) is 36.1 Å². The average Bonchev–Trinajstić information content (AvgIpc) is 2.14. The highest BCUT2D eigenvalue weighted by molar-refractivity contribution is 5.70. The first-order chi connectivity index (χ1) is 4.20. The zero-order valence-electron chi connectivity index (χ0n) is 5.50. The lowest BCUT2D eigenvalue weighted by molar-refractivity contribution is -0.141. The Morgan fingerprint density at radius 2 is 2.44 bits per heavy atom. The van der Waals surface area contributed by atoms with E-state index in [0.29, 0.717) is 0 Å². The van der Waals surface area contributed by atoms with Crippen molar-refractivity contribution in [1.29, 1.82) is 0 Å². The smallest absolute Gasteiger partial charge is 0.307 e. The van der Waals surface area contributed by atoms with Crippen molar-refractivity contribution in [3.63, 3.8) is 0 Å². The minimum absolute atomic E-state index is 0.116. The number of nitrogens with zero attached hydrogens (tertiary/aromatic N) is 1. The van der Waals surface area contributed by atoms with Crippen molar-refractivity contribution >= 4 is 5.97 Å². The quantitative estimate of drug-likeness (QED) is 0.542. The number of carboxylic acid groups (broad SMARTS) is 1. The number of rotatable bonds is 1. The minimum Gasteiger partial charge on any atom is -0.481 e. The van der Waals surface area contributed by atoms with Crippen LogP contribution >= 0.6 is 0 Å². The van der Waals surface area contributed by atoms with E-state index in [1.165, 1.54) is 0 Å². The Morgan fingerprint density at radius 3 is 2.67 bits per heavy atom. The molecule has 0 saturated carbocycles. The molecular formula is C6H11NO2. The predicted octanol–water partition coefficient (Wildman–Crippen LogP) is 0.0227. The van der Waals surface area contributed by atoms with E-state index in [2.05, 4.69) is 0 Å². The molecule has 0 amide bonds. The third-order valence-corrected chi connectivity index (χ3v) is 1.74. The SMILES string of the molecule is CN1CC[C@H](C(=O)O)C1. The summed E-state index contributed by atoms with van der Waals surface area (Å²) in [5, 5.41) is 8.50. The topological polar surface area (TPSA) is 40.5 Å². The van der Waals surface area contributed by atoms with Gasteiger partial charge in [-0.2, -0.15) is 0 Å². The number of carboxylic acids is 1. The summed E-state index contributed by atoms with van der Waals surface area (Å²) in [6, 6.07) is 0. The van der Waals surface area contributed by atoms with Gasteiger partial charge < -0.3 is 10.0 Å². The lowest BCUT2D eigenvalue weighted by Gasteiger charge is -2.04. The van der Waals surface area contributed by atoms with Crippen LogP contribution in [0.15, 0.2) is 0 Å². The molecule has 3 heteroatoms. The van der Waals surface area contributed by atoms with Crippen LogP contribution in [0.4, 0.5) is 0 Å². The van der Waals surface area contributed by atoms with Gasteiger partial charge in [0, 0.05) is 6.54 Å². The molecule has 0 spiro atoms. The van der Waals surface area contributed by atoms with Crippen molar-refractivity contribution in [3.05, 3.63) is 0 Å². The molecule has 0 radical (unpaired) electrons. The van der Waals surface area contributed by atoms with E-state index in [-0.39, 0.29) is 5.92 Å². The number of hydrogen-bond donors (Lipinski definition) is 1. The number of likely N-dealkylation sites (tertiary alicyclic amines) is 1.